The maximum Gasteiger partial charge on any atom is 0.257 e. The SMILES string of the molecule is CN(Cc1ccccc1Br)C(=O)c1cnccc1NN. The molecular formula is C14H15BrN4O. The number of nitrogen functional groups attached to an aromatic ring is 1. The second-order valence-electron chi connectivity index (χ2n) is 4.32. The molecular weight excluding hydrogens is 320 g/mol. The van der Waals surface area contributed by atoms with Crippen LogP contribution in [0.2, 0.25) is 0 Å². The first kappa shape index (κ1) is 14.5. The lowest BCUT2D eigenvalue weighted by Crippen LogP contribution is -2.27. The summed E-state index contributed by atoms with van der Waals surface area (Å²) in [6.45, 7) is 0.499. The van der Waals surface area contributed by atoms with Gasteiger partial charge in [0.25, 0.3) is 5.91 Å². The largest absolute Gasteiger partial charge is 0.337 e. The molecule has 104 valence electrons. The molecule has 0 aliphatic heterocycles. The molecule has 0 atom stereocenters. The van der Waals surface area contributed by atoms with E-state index < -0.39 is 0 Å². The Morgan fingerprint density at radius 3 is 2.85 bits per heavy atom. The number of halogens is 1. The molecule has 1 heterocycles. The van der Waals surface area contributed by atoms with Crippen LogP contribution in [0.15, 0.2) is 47.2 Å². The Bertz CT molecular complexity index is 618. The van der Waals surface area contributed by atoms with Gasteiger partial charge in [-0.1, -0.05) is 34.1 Å². The summed E-state index contributed by atoms with van der Waals surface area (Å²) in [7, 11) is 1.75. The minimum atomic E-state index is -0.137. The van der Waals surface area contributed by atoms with E-state index in [4.69, 9.17) is 5.84 Å². The summed E-state index contributed by atoms with van der Waals surface area (Å²) < 4.78 is 0.975. The molecule has 0 saturated carbocycles. The van der Waals surface area contributed by atoms with Gasteiger partial charge in [-0.25, -0.2) is 0 Å². The number of nitrogens with two attached hydrogens (primary N) is 1. The number of amides is 1. The van der Waals surface area contributed by atoms with Crippen molar-refractivity contribution in [3.63, 3.8) is 0 Å². The number of benzene rings is 1. The van der Waals surface area contributed by atoms with Crippen LogP contribution in [-0.4, -0.2) is 22.8 Å². The average Bonchev–Trinajstić information content (AvgIpc) is 2.48. The lowest BCUT2D eigenvalue weighted by Gasteiger charge is -2.19. The number of carbonyl (C=O) groups excluding carboxylic acids is 1. The van der Waals surface area contributed by atoms with Crippen LogP contribution in [0.25, 0.3) is 0 Å². The fourth-order valence-electron chi connectivity index (χ4n) is 1.85. The van der Waals surface area contributed by atoms with Crippen LogP contribution in [0.3, 0.4) is 0 Å². The summed E-state index contributed by atoms with van der Waals surface area (Å²) in [5.74, 6) is 5.27. The van der Waals surface area contributed by atoms with E-state index in [0.717, 1.165) is 10.0 Å². The van der Waals surface area contributed by atoms with E-state index in [0.29, 0.717) is 17.8 Å². The van der Waals surface area contributed by atoms with Gasteiger partial charge in [-0.05, 0) is 17.7 Å². The normalized spacial score (nSPS) is 10.2. The number of carbonyl (C=O) groups is 1. The molecule has 0 aliphatic rings. The molecule has 1 amide bonds. The van der Waals surface area contributed by atoms with Crippen molar-refractivity contribution in [2.45, 2.75) is 6.54 Å². The highest BCUT2D eigenvalue weighted by Crippen LogP contribution is 2.19. The molecule has 6 heteroatoms. The van der Waals surface area contributed by atoms with Gasteiger partial charge >= 0.3 is 0 Å². The predicted molar refractivity (Wildman–Crippen MR) is 82.0 cm³/mol. The number of aromatic nitrogens is 1. The van der Waals surface area contributed by atoms with Crippen molar-refractivity contribution < 1.29 is 4.79 Å². The molecule has 0 aliphatic carbocycles. The minimum Gasteiger partial charge on any atom is -0.337 e. The number of nitrogens with one attached hydrogen (secondary N) is 1. The van der Waals surface area contributed by atoms with Crippen molar-refractivity contribution in [3.8, 4) is 0 Å². The lowest BCUT2D eigenvalue weighted by atomic mass is 10.2. The van der Waals surface area contributed by atoms with Gasteiger partial charge in [-0.2, -0.15) is 0 Å². The second kappa shape index (κ2) is 6.49. The van der Waals surface area contributed by atoms with E-state index in [-0.39, 0.29) is 5.91 Å². The average molecular weight is 335 g/mol. The Hall–Kier alpha value is -1.92. The topological polar surface area (TPSA) is 71.2 Å². The Balaban J connectivity index is 2.19. The molecule has 5 nitrogen and oxygen atoms in total. The molecule has 20 heavy (non-hydrogen) atoms. The second-order valence-corrected chi connectivity index (χ2v) is 5.17. The summed E-state index contributed by atoms with van der Waals surface area (Å²) >= 11 is 3.48. The highest BCUT2D eigenvalue weighted by molar-refractivity contribution is 9.10. The third-order valence-corrected chi connectivity index (χ3v) is 3.69. The van der Waals surface area contributed by atoms with E-state index >= 15 is 0 Å². The molecule has 1 aromatic carbocycles. The van der Waals surface area contributed by atoms with E-state index in [1.54, 1.807) is 24.2 Å². The van der Waals surface area contributed by atoms with Crippen molar-refractivity contribution in [3.05, 3.63) is 58.3 Å². The third-order valence-electron chi connectivity index (χ3n) is 2.92. The van der Waals surface area contributed by atoms with Crippen LogP contribution in [0.5, 0.6) is 0 Å². The van der Waals surface area contributed by atoms with Crippen molar-refractivity contribution >= 4 is 27.5 Å². The molecule has 0 fully saturated rings. The monoisotopic (exact) mass is 334 g/mol. The van der Waals surface area contributed by atoms with Gasteiger partial charge in [-0.15, -0.1) is 0 Å². The molecule has 0 unspecified atom stereocenters. The molecule has 2 rings (SSSR count). The summed E-state index contributed by atoms with van der Waals surface area (Å²) in [5, 5.41) is 0. The van der Waals surface area contributed by atoms with Gasteiger partial charge in [0.2, 0.25) is 0 Å². The lowest BCUT2D eigenvalue weighted by molar-refractivity contribution is 0.0785. The molecule has 2 aromatic rings. The number of pyridine rings is 1. The van der Waals surface area contributed by atoms with Crippen LogP contribution < -0.4 is 11.3 Å². The first-order valence-corrected chi connectivity index (χ1v) is 6.82. The Labute approximate surface area is 125 Å². The zero-order valence-electron chi connectivity index (χ0n) is 11.0. The van der Waals surface area contributed by atoms with Gasteiger partial charge in [0, 0.05) is 30.5 Å². The summed E-state index contributed by atoms with van der Waals surface area (Å²) in [5.41, 5.74) is 4.55. The van der Waals surface area contributed by atoms with E-state index in [2.05, 4.69) is 26.3 Å². The minimum absolute atomic E-state index is 0.137. The van der Waals surface area contributed by atoms with Crippen molar-refractivity contribution in [2.75, 3.05) is 12.5 Å². The summed E-state index contributed by atoms with van der Waals surface area (Å²) in [6.07, 6.45) is 3.09. The first-order chi connectivity index (χ1) is 9.63. The van der Waals surface area contributed by atoms with Gasteiger partial charge in [0.15, 0.2) is 0 Å². The van der Waals surface area contributed by atoms with Gasteiger partial charge < -0.3 is 10.3 Å². The number of nitrogens with zero attached hydrogens (tertiary/aromatic N) is 2. The quantitative estimate of drug-likeness (QED) is 0.665. The number of hydrogen-bond acceptors (Lipinski definition) is 4. The third kappa shape index (κ3) is 3.15. The highest BCUT2D eigenvalue weighted by atomic mass is 79.9. The number of hydrogen-bond donors (Lipinski definition) is 2. The van der Waals surface area contributed by atoms with Crippen LogP contribution in [0.4, 0.5) is 5.69 Å². The number of rotatable bonds is 4. The molecule has 3 N–H and O–H groups in total. The molecule has 0 bridgehead atoms. The smallest absolute Gasteiger partial charge is 0.257 e. The fourth-order valence-corrected chi connectivity index (χ4v) is 2.26. The standard InChI is InChI=1S/C14H15BrN4O/c1-19(9-10-4-2-3-5-12(10)15)14(20)11-8-17-7-6-13(11)18-16/h2-8H,9,16H2,1H3,(H,17,18). The maximum absolute atomic E-state index is 12.4. The summed E-state index contributed by atoms with van der Waals surface area (Å²) in [6, 6.07) is 9.46. The Morgan fingerprint density at radius 2 is 2.15 bits per heavy atom. The zero-order chi connectivity index (χ0) is 14.5. The zero-order valence-corrected chi connectivity index (χ0v) is 12.6. The van der Waals surface area contributed by atoms with Crippen LogP contribution in [-0.2, 0) is 6.54 Å². The van der Waals surface area contributed by atoms with Crippen molar-refractivity contribution in [2.24, 2.45) is 5.84 Å². The molecule has 0 radical (unpaired) electrons. The van der Waals surface area contributed by atoms with Crippen LogP contribution in [0, 0.1) is 0 Å². The Morgan fingerprint density at radius 1 is 1.40 bits per heavy atom. The molecule has 0 saturated heterocycles. The van der Waals surface area contributed by atoms with E-state index in [9.17, 15) is 4.79 Å². The van der Waals surface area contributed by atoms with Gasteiger partial charge in [0.05, 0.1) is 11.3 Å². The fraction of sp³-hybridized carbons (Fsp3) is 0.143. The number of hydrazine groups is 1. The predicted octanol–water partition coefficient (Wildman–Crippen LogP) is 2.40. The van der Waals surface area contributed by atoms with Gasteiger partial charge in [0.1, 0.15) is 0 Å². The van der Waals surface area contributed by atoms with Crippen molar-refractivity contribution in [1.29, 1.82) is 0 Å². The molecule has 0 spiro atoms. The maximum atomic E-state index is 12.4. The number of anilines is 1. The summed E-state index contributed by atoms with van der Waals surface area (Å²) in [4.78, 5) is 18.0. The van der Waals surface area contributed by atoms with Crippen molar-refractivity contribution in [1.82, 2.24) is 9.88 Å². The van der Waals surface area contributed by atoms with Crippen LogP contribution in [0.1, 0.15) is 15.9 Å². The van der Waals surface area contributed by atoms with Gasteiger partial charge in [-0.3, -0.25) is 15.6 Å². The Kier molecular flexibility index (Phi) is 4.70. The highest BCUT2D eigenvalue weighted by Gasteiger charge is 2.16. The first-order valence-electron chi connectivity index (χ1n) is 6.03. The van der Waals surface area contributed by atoms with Crippen LogP contribution >= 0.6 is 15.9 Å². The van der Waals surface area contributed by atoms with E-state index in [1.165, 1.54) is 6.20 Å². The van der Waals surface area contributed by atoms with E-state index in [1.807, 2.05) is 24.3 Å². The molecule has 1 aromatic heterocycles.